The van der Waals surface area contributed by atoms with Gasteiger partial charge in [0.25, 0.3) is 0 Å². The summed E-state index contributed by atoms with van der Waals surface area (Å²) in [6, 6.07) is 4.17. The lowest BCUT2D eigenvalue weighted by atomic mass is 9.88. The van der Waals surface area contributed by atoms with Crippen LogP contribution in [0.3, 0.4) is 0 Å². The fourth-order valence-corrected chi connectivity index (χ4v) is 3.15. The molecule has 19 heavy (non-hydrogen) atoms. The summed E-state index contributed by atoms with van der Waals surface area (Å²) in [5.41, 5.74) is -0.821. The van der Waals surface area contributed by atoms with Crippen molar-refractivity contribution in [3.05, 3.63) is 23.8 Å². The largest absolute Gasteiger partial charge is 0.508 e. The molecule has 1 aliphatic rings. The van der Waals surface area contributed by atoms with Crippen molar-refractivity contribution < 1.29 is 20.1 Å². The van der Waals surface area contributed by atoms with Gasteiger partial charge in [0.15, 0.2) is 5.54 Å². The van der Waals surface area contributed by atoms with Gasteiger partial charge in [-0.15, -0.1) is 0 Å². The van der Waals surface area contributed by atoms with Gasteiger partial charge in [-0.25, -0.2) is 4.79 Å². The van der Waals surface area contributed by atoms with Crippen molar-refractivity contribution in [3.8, 4) is 11.5 Å². The lowest BCUT2D eigenvalue weighted by Gasteiger charge is -2.30. The second-order valence-electron chi connectivity index (χ2n) is 5.11. The quantitative estimate of drug-likeness (QED) is 0.773. The molecule has 3 N–H and O–H groups in total. The first-order valence-corrected chi connectivity index (χ1v) is 6.53. The Morgan fingerprint density at radius 2 is 1.89 bits per heavy atom. The molecule has 0 fully saturated rings. The van der Waals surface area contributed by atoms with Crippen molar-refractivity contribution in [1.29, 1.82) is 0 Å². The second-order valence-corrected chi connectivity index (χ2v) is 6.72. The van der Waals surface area contributed by atoms with Crippen LogP contribution in [0.15, 0.2) is 23.2 Å². The van der Waals surface area contributed by atoms with Gasteiger partial charge in [0.05, 0.1) is 4.75 Å². The molecule has 0 unspecified atom stereocenters. The van der Waals surface area contributed by atoms with E-state index in [0.717, 1.165) is 0 Å². The molecule has 1 aromatic carbocycles. The van der Waals surface area contributed by atoms with E-state index in [1.54, 1.807) is 20.8 Å². The zero-order chi connectivity index (χ0) is 14.4. The predicted octanol–water partition coefficient (Wildman–Crippen LogP) is 2.21. The Bertz CT molecular complexity index is 582. The number of rotatable bonds is 2. The Balaban J connectivity index is 2.51. The van der Waals surface area contributed by atoms with Crippen LogP contribution in [0.1, 0.15) is 26.3 Å². The van der Waals surface area contributed by atoms with E-state index >= 15 is 0 Å². The maximum Gasteiger partial charge on any atom is 0.332 e. The lowest BCUT2D eigenvalue weighted by Crippen LogP contribution is -2.47. The van der Waals surface area contributed by atoms with E-state index in [9.17, 15) is 20.1 Å². The average Bonchev–Trinajstić information content (AvgIpc) is 2.50. The van der Waals surface area contributed by atoms with E-state index in [-0.39, 0.29) is 11.5 Å². The van der Waals surface area contributed by atoms with Crippen molar-refractivity contribution in [2.24, 2.45) is 4.99 Å². The van der Waals surface area contributed by atoms with Gasteiger partial charge < -0.3 is 15.3 Å². The Morgan fingerprint density at radius 3 is 2.37 bits per heavy atom. The molecule has 102 valence electrons. The van der Waals surface area contributed by atoms with Crippen molar-refractivity contribution in [1.82, 2.24) is 0 Å². The van der Waals surface area contributed by atoms with E-state index < -0.39 is 16.3 Å². The number of phenols is 2. The Labute approximate surface area is 115 Å². The number of nitrogens with zero attached hydrogens (tertiary/aromatic N) is 1. The molecule has 1 atom stereocenters. The highest BCUT2D eigenvalue weighted by Crippen LogP contribution is 2.48. The van der Waals surface area contributed by atoms with Crippen LogP contribution in [0.5, 0.6) is 11.5 Å². The number of aromatic hydroxyl groups is 2. The Hall–Kier alpha value is -1.69. The number of carboxylic acid groups (broad SMARTS) is 1. The highest BCUT2D eigenvalue weighted by molar-refractivity contribution is 8.16. The molecule has 0 aliphatic carbocycles. The number of hydrogen-bond donors (Lipinski definition) is 3. The molecule has 6 heteroatoms. The molecule has 0 radical (unpaired) electrons. The summed E-state index contributed by atoms with van der Waals surface area (Å²) in [7, 11) is 0. The van der Waals surface area contributed by atoms with Crippen molar-refractivity contribution in [2.45, 2.75) is 31.1 Å². The molecule has 1 aliphatic heterocycles. The van der Waals surface area contributed by atoms with E-state index in [1.165, 1.54) is 30.0 Å². The monoisotopic (exact) mass is 281 g/mol. The van der Waals surface area contributed by atoms with E-state index in [1.807, 2.05) is 0 Å². The maximum atomic E-state index is 11.4. The molecule has 0 saturated carbocycles. The number of phenolic OH excluding ortho intramolecular Hbond substituents is 2. The zero-order valence-electron chi connectivity index (χ0n) is 10.8. The van der Waals surface area contributed by atoms with Crippen LogP contribution >= 0.6 is 11.8 Å². The molecule has 0 bridgehead atoms. The second kappa shape index (κ2) is 4.16. The van der Waals surface area contributed by atoms with Gasteiger partial charge in [-0.2, -0.15) is 0 Å². The minimum absolute atomic E-state index is 0.0508. The van der Waals surface area contributed by atoms with Crippen molar-refractivity contribution >= 4 is 22.8 Å². The summed E-state index contributed by atoms with van der Waals surface area (Å²) in [5.74, 6) is -1.17. The predicted molar refractivity (Wildman–Crippen MR) is 74.0 cm³/mol. The minimum atomic E-state index is -1.25. The van der Waals surface area contributed by atoms with Gasteiger partial charge >= 0.3 is 5.97 Å². The molecular weight excluding hydrogens is 266 g/mol. The number of thioether (sulfide) groups is 1. The van der Waals surface area contributed by atoms with E-state index in [0.29, 0.717) is 10.6 Å². The number of carboxylic acids is 1. The molecule has 0 saturated heterocycles. The third-order valence-electron chi connectivity index (χ3n) is 3.48. The van der Waals surface area contributed by atoms with Gasteiger partial charge in [0.1, 0.15) is 16.5 Å². The third-order valence-corrected chi connectivity index (χ3v) is 4.89. The lowest BCUT2D eigenvalue weighted by molar-refractivity contribution is -0.143. The van der Waals surface area contributed by atoms with Crippen LogP contribution in [0, 0.1) is 0 Å². The standard InChI is InChI=1S/C13H15NO4S/c1-12(2)13(3,11(17)18)14-10(19-12)8-5-4-7(15)6-9(8)16/h4-6,15-16H,1-3H3,(H,17,18)/t13-/m0/s1. The van der Waals surface area contributed by atoms with E-state index in [2.05, 4.69) is 4.99 Å². The smallest absolute Gasteiger partial charge is 0.332 e. The average molecular weight is 281 g/mol. The zero-order valence-corrected chi connectivity index (χ0v) is 11.7. The van der Waals surface area contributed by atoms with Gasteiger partial charge in [0, 0.05) is 11.6 Å². The third kappa shape index (κ3) is 2.06. The first kappa shape index (κ1) is 13.7. The van der Waals surface area contributed by atoms with Crippen molar-refractivity contribution in [2.75, 3.05) is 0 Å². The van der Waals surface area contributed by atoms with Crippen LogP contribution in [0.4, 0.5) is 0 Å². The van der Waals surface area contributed by atoms with Gasteiger partial charge in [0.2, 0.25) is 0 Å². The minimum Gasteiger partial charge on any atom is -0.508 e. The van der Waals surface area contributed by atoms with Crippen molar-refractivity contribution in [3.63, 3.8) is 0 Å². The molecule has 2 rings (SSSR count). The van der Waals surface area contributed by atoms with Gasteiger partial charge in [-0.1, -0.05) is 11.8 Å². The normalized spacial score (nSPS) is 25.1. The molecule has 0 spiro atoms. The number of carbonyl (C=O) groups is 1. The SMILES string of the molecule is CC1(C)SC(c2ccc(O)cc2O)=N[C@@]1(C)C(=O)O. The van der Waals surface area contributed by atoms with Crippen LogP contribution < -0.4 is 0 Å². The highest BCUT2D eigenvalue weighted by atomic mass is 32.2. The number of benzene rings is 1. The van der Waals surface area contributed by atoms with Crippen LogP contribution in [0.2, 0.25) is 0 Å². The summed E-state index contributed by atoms with van der Waals surface area (Å²) in [6.07, 6.45) is 0. The number of hydrogen-bond acceptors (Lipinski definition) is 5. The molecule has 0 aromatic heterocycles. The highest BCUT2D eigenvalue weighted by Gasteiger charge is 2.53. The molecular formula is C13H15NO4S. The van der Waals surface area contributed by atoms with E-state index in [4.69, 9.17) is 0 Å². The Morgan fingerprint density at radius 1 is 1.26 bits per heavy atom. The molecule has 0 amide bonds. The number of aliphatic carboxylic acids is 1. The summed E-state index contributed by atoms with van der Waals surface area (Å²) in [5, 5.41) is 28.9. The molecule has 5 nitrogen and oxygen atoms in total. The summed E-state index contributed by atoms with van der Waals surface area (Å²) in [4.78, 5) is 15.7. The fraction of sp³-hybridized carbons (Fsp3) is 0.385. The first-order valence-electron chi connectivity index (χ1n) is 5.72. The fourth-order valence-electron chi connectivity index (χ4n) is 1.82. The number of aliphatic imine (C=N–C) groups is 1. The van der Waals surface area contributed by atoms with Crippen LogP contribution in [-0.2, 0) is 4.79 Å². The molecule has 1 heterocycles. The van der Waals surface area contributed by atoms with Crippen LogP contribution in [-0.4, -0.2) is 36.6 Å². The van der Waals surface area contributed by atoms with Gasteiger partial charge in [-0.05, 0) is 32.9 Å². The topological polar surface area (TPSA) is 90.1 Å². The molecule has 1 aromatic rings. The van der Waals surface area contributed by atoms with Crippen LogP contribution in [0.25, 0.3) is 0 Å². The first-order chi connectivity index (χ1) is 8.67. The van der Waals surface area contributed by atoms with Gasteiger partial charge in [-0.3, -0.25) is 4.99 Å². The maximum absolute atomic E-state index is 11.4. The summed E-state index contributed by atoms with van der Waals surface area (Å²) in [6.45, 7) is 5.17. The Kier molecular flexibility index (Phi) is 3.01. The summed E-state index contributed by atoms with van der Waals surface area (Å²) < 4.78 is -0.626. The summed E-state index contributed by atoms with van der Waals surface area (Å²) >= 11 is 1.30.